The van der Waals surface area contributed by atoms with Gasteiger partial charge in [0.25, 0.3) is 5.91 Å². The van der Waals surface area contributed by atoms with E-state index in [0.717, 1.165) is 12.1 Å². The molecule has 0 aliphatic heterocycles. The Bertz CT molecular complexity index is 607. The van der Waals surface area contributed by atoms with Gasteiger partial charge in [-0.25, -0.2) is 0 Å². The van der Waals surface area contributed by atoms with E-state index in [4.69, 9.17) is 10.5 Å². The topological polar surface area (TPSA) is 82.2 Å². The van der Waals surface area contributed by atoms with Crippen LogP contribution >= 0.6 is 0 Å². The number of carbonyl (C=O) groups is 1. The molecule has 0 atom stereocenters. The molecule has 0 aliphatic carbocycles. The number of nitrogens with one attached hydrogen (secondary N) is 1. The molecule has 0 saturated carbocycles. The lowest BCUT2D eigenvalue weighted by Crippen LogP contribution is -2.26. The van der Waals surface area contributed by atoms with E-state index in [2.05, 4.69) is 10.4 Å². The highest BCUT2D eigenvalue weighted by atomic mass is 16.5. The van der Waals surface area contributed by atoms with Crippen LogP contribution in [-0.2, 0) is 13.5 Å². The van der Waals surface area contributed by atoms with Crippen molar-refractivity contribution in [1.29, 1.82) is 0 Å². The van der Waals surface area contributed by atoms with Crippen molar-refractivity contribution in [2.45, 2.75) is 6.42 Å². The van der Waals surface area contributed by atoms with Crippen molar-refractivity contribution >= 4 is 11.6 Å². The predicted molar refractivity (Wildman–Crippen MR) is 76.7 cm³/mol. The minimum Gasteiger partial charge on any atom is -0.497 e. The zero-order valence-electron chi connectivity index (χ0n) is 11.6. The van der Waals surface area contributed by atoms with E-state index < -0.39 is 0 Å². The fourth-order valence-corrected chi connectivity index (χ4v) is 1.92. The van der Waals surface area contributed by atoms with Crippen LogP contribution in [0.3, 0.4) is 0 Å². The number of nitrogens with zero attached hydrogens (tertiary/aromatic N) is 2. The van der Waals surface area contributed by atoms with E-state index >= 15 is 0 Å². The van der Waals surface area contributed by atoms with Crippen LogP contribution in [0.25, 0.3) is 0 Å². The number of anilines is 1. The van der Waals surface area contributed by atoms with Crippen molar-refractivity contribution in [2.24, 2.45) is 7.05 Å². The van der Waals surface area contributed by atoms with Crippen molar-refractivity contribution in [2.75, 3.05) is 19.4 Å². The Morgan fingerprint density at radius 1 is 1.45 bits per heavy atom. The van der Waals surface area contributed by atoms with Crippen molar-refractivity contribution < 1.29 is 9.53 Å². The summed E-state index contributed by atoms with van der Waals surface area (Å²) in [5.74, 6) is 0.402. The van der Waals surface area contributed by atoms with E-state index in [1.165, 1.54) is 0 Å². The average Bonchev–Trinajstić information content (AvgIpc) is 2.83. The summed E-state index contributed by atoms with van der Waals surface area (Å²) in [6.07, 6.45) is 2.46. The molecule has 0 fully saturated rings. The molecular weight excluding hydrogens is 256 g/mol. The molecule has 106 valence electrons. The van der Waals surface area contributed by atoms with Crippen LogP contribution in [0.15, 0.2) is 30.5 Å². The molecule has 2 rings (SSSR count). The third kappa shape index (κ3) is 3.28. The Hall–Kier alpha value is -2.50. The second-order valence-corrected chi connectivity index (χ2v) is 4.45. The third-order valence-corrected chi connectivity index (χ3v) is 3.02. The summed E-state index contributed by atoms with van der Waals surface area (Å²) in [7, 11) is 3.42. The highest BCUT2D eigenvalue weighted by Gasteiger charge is 2.08. The number of methoxy groups -OCH3 is 1. The van der Waals surface area contributed by atoms with Gasteiger partial charge in [-0.2, -0.15) is 5.10 Å². The zero-order chi connectivity index (χ0) is 14.5. The number of aromatic nitrogens is 2. The van der Waals surface area contributed by atoms with Gasteiger partial charge in [-0.05, 0) is 18.2 Å². The molecule has 0 saturated heterocycles. The normalized spacial score (nSPS) is 10.3. The number of aryl methyl sites for hydroxylation is 1. The number of nitrogens with two attached hydrogens (primary N) is 1. The maximum atomic E-state index is 12.0. The van der Waals surface area contributed by atoms with Crippen molar-refractivity contribution in [3.8, 4) is 5.75 Å². The monoisotopic (exact) mass is 274 g/mol. The number of nitrogen functional groups attached to an aromatic ring is 1. The van der Waals surface area contributed by atoms with Crippen LogP contribution in [0.2, 0.25) is 0 Å². The molecule has 0 radical (unpaired) electrons. The number of rotatable bonds is 5. The molecular formula is C14H18N4O2. The summed E-state index contributed by atoms with van der Waals surface area (Å²) < 4.78 is 6.88. The molecule has 1 heterocycles. The Kier molecular flexibility index (Phi) is 4.24. The second-order valence-electron chi connectivity index (χ2n) is 4.45. The molecule has 2 aromatic rings. The summed E-state index contributed by atoms with van der Waals surface area (Å²) in [5, 5.41) is 6.93. The lowest BCUT2D eigenvalue weighted by Gasteiger charge is -2.08. The highest BCUT2D eigenvalue weighted by molar-refractivity contribution is 5.95. The molecule has 3 N–H and O–H groups in total. The number of hydrogen-bond acceptors (Lipinski definition) is 4. The van der Waals surface area contributed by atoms with Crippen LogP contribution in [0.1, 0.15) is 16.1 Å². The Morgan fingerprint density at radius 2 is 2.25 bits per heavy atom. The molecule has 1 amide bonds. The molecule has 0 spiro atoms. The molecule has 1 aromatic heterocycles. The van der Waals surface area contributed by atoms with Crippen LogP contribution < -0.4 is 15.8 Å². The van der Waals surface area contributed by atoms with Gasteiger partial charge in [0, 0.05) is 49.2 Å². The molecule has 1 aromatic carbocycles. The molecule has 6 nitrogen and oxygen atoms in total. The maximum absolute atomic E-state index is 12.0. The number of hydrogen-bond donors (Lipinski definition) is 2. The van der Waals surface area contributed by atoms with Crippen LogP contribution in [0, 0.1) is 0 Å². The highest BCUT2D eigenvalue weighted by Crippen LogP contribution is 2.18. The van der Waals surface area contributed by atoms with Gasteiger partial charge in [0.1, 0.15) is 5.75 Å². The first-order valence-electron chi connectivity index (χ1n) is 6.30. The molecule has 0 unspecified atom stereocenters. The van der Waals surface area contributed by atoms with E-state index in [0.29, 0.717) is 23.5 Å². The van der Waals surface area contributed by atoms with Crippen molar-refractivity contribution in [1.82, 2.24) is 15.1 Å². The molecule has 6 heteroatoms. The van der Waals surface area contributed by atoms with E-state index in [-0.39, 0.29) is 5.91 Å². The summed E-state index contributed by atoms with van der Waals surface area (Å²) in [6.45, 7) is 0.537. The fraction of sp³-hybridized carbons (Fsp3) is 0.286. The summed E-state index contributed by atoms with van der Waals surface area (Å²) in [4.78, 5) is 12.0. The Balaban J connectivity index is 1.95. The number of benzene rings is 1. The average molecular weight is 274 g/mol. The van der Waals surface area contributed by atoms with Gasteiger partial charge in [-0.3, -0.25) is 9.48 Å². The number of carbonyl (C=O) groups excluding carboxylic acids is 1. The number of ether oxygens (including phenoxy) is 1. The van der Waals surface area contributed by atoms with E-state index in [9.17, 15) is 4.79 Å². The lowest BCUT2D eigenvalue weighted by molar-refractivity contribution is 0.0953. The first kappa shape index (κ1) is 13.9. The zero-order valence-corrected chi connectivity index (χ0v) is 11.6. The van der Waals surface area contributed by atoms with Gasteiger partial charge in [-0.1, -0.05) is 0 Å². The van der Waals surface area contributed by atoms with Gasteiger partial charge in [0.05, 0.1) is 7.11 Å². The third-order valence-electron chi connectivity index (χ3n) is 3.02. The van der Waals surface area contributed by atoms with Crippen LogP contribution in [-0.4, -0.2) is 29.3 Å². The quantitative estimate of drug-likeness (QED) is 0.796. The Morgan fingerprint density at radius 3 is 2.90 bits per heavy atom. The van der Waals surface area contributed by atoms with Crippen molar-refractivity contribution in [3.63, 3.8) is 0 Å². The fourth-order valence-electron chi connectivity index (χ4n) is 1.92. The maximum Gasteiger partial charge on any atom is 0.251 e. The van der Waals surface area contributed by atoms with E-state index in [1.54, 1.807) is 36.2 Å². The molecule has 0 bridgehead atoms. The van der Waals surface area contributed by atoms with Crippen LogP contribution in [0.5, 0.6) is 5.75 Å². The van der Waals surface area contributed by atoms with Gasteiger partial charge < -0.3 is 15.8 Å². The van der Waals surface area contributed by atoms with Gasteiger partial charge in [0.2, 0.25) is 0 Å². The van der Waals surface area contributed by atoms with Gasteiger partial charge in [0.15, 0.2) is 0 Å². The van der Waals surface area contributed by atoms with Crippen molar-refractivity contribution in [3.05, 3.63) is 41.7 Å². The first-order chi connectivity index (χ1) is 9.60. The minimum atomic E-state index is -0.169. The van der Waals surface area contributed by atoms with Crippen LogP contribution in [0.4, 0.5) is 5.69 Å². The van der Waals surface area contributed by atoms with Gasteiger partial charge in [-0.15, -0.1) is 0 Å². The standard InChI is InChI=1S/C14H18N4O2/c1-18-12(4-6-17-18)3-5-16-14(19)10-7-11(15)9-13(8-10)20-2/h4,6-9H,3,5,15H2,1-2H3,(H,16,19). The molecule has 20 heavy (non-hydrogen) atoms. The predicted octanol–water partition coefficient (Wildman–Crippen LogP) is 0.983. The number of amides is 1. The summed E-state index contributed by atoms with van der Waals surface area (Å²) in [5.41, 5.74) is 7.79. The first-order valence-corrected chi connectivity index (χ1v) is 6.30. The summed E-state index contributed by atoms with van der Waals surface area (Å²) in [6, 6.07) is 6.89. The second kappa shape index (κ2) is 6.10. The smallest absolute Gasteiger partial charge is 0.251 e. The SMILES string of the molecule is COc1cc(N)cc(C(=O)NCCc2ccnn2C)c1. The largest absolute Gasteiger partial charge is 0.497 e. The van der Waals surface area contributed by atoms with Gasteiger partial charge >= 0.3 is 0 Å². The lowest BCUT2D eigenvalue weighted by atomic mass is 10.1. The molecule has 0 aliphatic rings. The Labute approximate surface area is 117 Å². The summed E-state index contributed by atoms with van der Waals surface area (Å²) >= 11 is 0. The minimum absolute atomic E-state index is 0.169. The van der Waals surface area contributed by atoms with E-state index in [1.807, 2.05) is 13.1 Å².